The zero-order valence-corrected chi connectivity index (χ0v) is 12.5. The third kappa shape index (κ3) is 3.34. The molecular formula is C14H23BrN2. The van der Waals surface area contributed by atoms with Crippen LogP contribution in [0, 0.1) is 5.92 Å². The Morgan fingerprint density at radius 1 is 1.47 bits per heavy atom. The molecular weight excluding hydrogens is 276 g/mol. The molecule has 1 aromatic rings. The van der Waals surface area contributed by atoms with Gasteiger partial charge in [-0.3, -0.25) is 4.68 Å². The minimum Gasteiger partial charge on any atom is -0.269 e. The van der Waals surface area contributed by atoms with Crippen molar-refractivity contribution in [3.05, 3.63) is 18.0 Å². The molecule has 1 aromatic heterocycles. The van der Waals surface area contributed by atoms with Gasteiger partial charge in [-0.05, 0) is 37.7 Å². The lowest BCUT2D eigenvalue weighted by Crippen LogP contribution is -2.13. The second-order valence-corrected chi connectivity index (χ2v) is 6.51. The summed E-state index contributed by atoms with van der Waals surface area (Å²) in [5, 5.41) is 4.74. The van der Waals surface area contributed by atoms with Gasteiger partial charge in [0.1, 0.15) is 0 Å². The van der Waals surface area contributed by atoms with Crippen molar-refractivity contribution < 1.29 is 0 Å². The molecule has 1 aliphatic carbocycles. The fourth-order valence-corrected chi connectivity index (χ4v) is 2.91. The molecule has 0 amide bonds. The van der Waals surface area contributed by atoms with E-state index in [9.17, 15) is 0 Å². The topological polar surface area (TPSA) is 17.8 Å². The summed E-state index contributed by atoms with van der Waals surface area (Å²) in [7, 11) is 0. The van der Waals surface area contributed by atoms with Gasteiger partial charge in [-0.1, -0.05) is 42.6 Å². The van der Waals surface area contributed by atoms with E-state index in [1.807, 2.05) is 0 Å². The molecule has 0 spiro atoms. The Balaban J connectivity index is 1.93. The van der Waals surface area contributed by atoms with Gasteiger partial charge < -0.3 is 0 Å². The molecule has 2 nitrogen and oxygen atoms in total. The third-order valence-electron chi connectivity index (χ3n) is 3.90. The lowest BCUT2D eigenvalue weighted by Gasteiger charge is -2.15. The Kier molecular flexibility index (Phi) is 4.66. The van der Waals surface area contributed by atoms with E-state index in [1.165, 1.54) is 37.8 Å². The van der Waals surface area contributed by atoms with Gasteiger partial charge in [0.05, 0.1) is 11.7 Å². The van der Waals surface area contributed by atoms with Crippen molar-refractivity contribution in [1.29, 1.82) is 0 Å². The van der Waals surface area contributed by atoms with Crippen LogP contribution in [0.4, 0.5) is 0 Å². The normalized spacial score (nSPS) is 20.6. The summed E-state index contributed by atoms with van der Waals surface area (Å²) in [5.41, 5.74) is 1.25. The van der Waals surface area contributed by atoms with Gasteiger partial charge in [0.2, 0.25) is 0 Å². The SMILES string of the molecule is CCC(Br)C(C)Cc1ccn(C2CCCC2)n1. The molecule has 96 valence electrons. The second-order valence-electron chi connectivity index (χ2n) is 5.33. The molecule has 1 saturated carbocycles. The summed E-state index contributed by atoms with van der Waals surface area (Å²) in [6.45, 7) is 4.53. The highest BCUT2D eigenvalue weighted by atomic mass is 79.9. The first-order chi connectivity index (χ1) is 8.20. The van der Waals surface area contributed by atoms with Crippen LogP contribution in [0.5, 0.6) is 0 Å². The number of hydrogen-bond donors (Lipinski definition) is 0. The predicted octanol–water partition coefficient (Wildman–Crippen LogP) is 4.35. The number of hydrogen-bond acceptors (Lipinski definition) is 1. The Morgan fingerprint density at radius 3 is 2.82 bits per heavy atom. The van der Waals surface area contributed by atoms with E-state index in [1.54, 1.807) is 0 Å². The first kappa shape index (κ1) is 13.1. The maximum atomic E-state index is 4.74. The van der Waals surface area contributed by atoms with E-state index in [-0.39, 0.29) is 0 Å². The average molecular weight is 299 g/mol. The van der Waals surface area contributed by atoms with Crippen molar-refractivity contribution in [2.75, 3.05) is 0 Å². The van der Waals surface area contributed by atoms with Crippen molar-refractivity contribution in [2.24, 2.45) is 5.92 Å². The molecule has 1 heterocycles. The van der Waals surface area contributed by atoms with E-state index in [2.05, 4.69) is 46.7 Å². The molecule has 0 bridgehead atoms. The summed E-state index contributed by atoms with van der Waals surface area (Å²) in [6.07, 6.45) is 9.81. The summed E-state index contributed by atoms with van der Waals surface area (Å²) >= 11 is 3.74. The number of halogens is 1. The minimum absolute atomic E-state index is 0.610. The zero-order chi connectivity index (χ0) is 12.3. The van der Waals surface area contributed by atoms with Gasteiger partial charge in [0.25, 0.3) is 0 Å². The number of nitrogens with zero attached hydrogens (tertiary/aromatic N) is 2. The van der Waals surface area contributed by atoms with E-state index in [0.29, 0.717) is 16.8 Å². The van der Waals surface area contributed by atoms with Crippen LogP contribution in [-0.4, -0.2) is 14.6 Å². The average Bonchev–Trinajstić information content (AvgIpc) is 2.97. The smallest absolute Gasteiger partial charge is 0.0627 e. The highest BCUT2D eigenvalue weighted by Crippen LogP contribution is 2.29. The van der Waals surface area contributed by atoms with Gasteiger partial charge in [0, 0.05) is 11.0 Å². The lowest BCUT2D eigenvalue weighted by atomic mass is 10.0. The zero-order valence-electron chi connectivity index (χ0n) is 10.9. The molecule has 0 radical (unpaired) electrons. The monoisotopic (exact) mass is 298 g/mol. The van der Waals surface area contributed by atoms with Crippen LogP contribution >= 0.6 is 15.9 Å². The molecule has 0 saturated heterocycles. The van der Waals surface area contributed by atoms with E-state index < -0.39 is 0 Å². The maximum Gasteiger partial charge on any atom is 0.0627 e. The lowest BCUT2D eigenvalue weighted by molar-refractivity contribution is 0.456. The standard InChI is InChI=1S/C14H23BrN2/c1-3-14(15)11(2)10-12-8-9-17(16-12)13-6-4-5-7-13/h8-9,11,13-14H,3-7,10H2,1-2H3. The van der Waals surface area contributed by atoms with Gasteiger partial charge >= 0.3 is 0 Å². The van der Waals surface area contributed by atoms with E-state index in [4.69, 9.17) is 5.10 Å². The number of rotatable bonds is 5. The largest absolute Gasteiger partial charge is 0.269 e. The van der Waals surface area contributed by atoms with Crippen LogP contribution in [0.25, 0.3) is 0 Å². The summed E-state index contributed by atoms with van der Waals surface area (Å²) in [6, 6.07) is 2.87. The molecule has 2 rings (SSSR count). The van der Waals surface area contributed by atoms with Crippen molar-refractivity contribution in [2.45, 2.75) is 63.2 Å². The molecule has 2 unspecified atom stereocenters. The molecule has 3 heteroatoms. The third-order valence-corrected chi connectivity index (χ3v) is 5.45. The molecule has 17 heavy (non-hydrogen) atoms. The first-order valence-corrected chi connectivity index (χ1v) is 7.80. The molecule has 0 aromatic carbocycles. The molecule has 1 fully saturated rings. The van der Waals surface area contributed by atoms with Crippen LogP contribution in [0.2, 0.25) is 0 Å². The van der Waals surface area contributed by atoms with Crippen LogP contribution < -0.4 is 0 Å². The highest BCUT2D eigenvalue weighted by molar-refractivity contribution is 9.09. The van der Waals surface area contributed by atoms with Gasteiger partial charge in [-0.25, -0.2) is 0 Å². The Morgan fingerprint density at radius 2 is 2.18 bits per heavy atom. The van der Waals surface area contributed by atoms with Gasteiger partial charge in [-0.15, -0.1) is 0 Å². The van der Waals surface area contributed by atoms with Crippen LogP contribution in [0.15, 0.2) is 12.3 Å². The fourth-order valence-electron chi connectivity index (χ4n) is 2.72. The van der Waals surface area contributed by atoms with Gasteiger partial charge in [0.15, 0.2) is 0 Å². The second kappa shape index (κ2) is 6.03. The van der Waals surface area contributed by atoms with E-state index in [0.717, 1.165) is 6.42 Å². The van der Waals surface area contributed by atoms with Crippen molar-refractivity contribution in [1.82, 2.24) is 9.78 Å². The van der Waals surface area contributed by atoms with Gasteiger partial charge in [-0.2, -0.15) is 5.10 Å². The molecule has 2 atom stereocenters. The van der Waals surface area contributed by atoms with Crippen molar-refractivity contribution in [3.8, 4) is 0 Å². The molecule has 1 aliphatic rings. The Labute approximate surface area is 113 Å². The number of alkyl halides is 1. The fraction of sp³-hybridized carbons (Fsp3) is 0.786. The van der Waals surface area contributed by atoms with Crippen molar-refractivity contribution >= 4 is 15.9 Å². The van der Waals surface area contributed by atoms with Crippen molar-refractivity contribution in [3.63, 3.8) is 0 Å². The maximum absolute atomic E-state index is 4.74. The molecule has 0 N–H and O–H groups in total. The highest BCUT2D eigenvalue weighted by Gasteiger charge is 2.19. The Hall–Kier alpha value is -0.310. The first-order valence-electron chi connectivity index (χ1n) is 6.88. The summed E-state index contributed by atoms with van der Waals surface area (Å²) in [4.78, 5) is 0.610. The summed E-state index contributed by atoms with van der Waals surface area (Å²) in [5.74, 6) is 0.659. The predicted molar refractivity (Wildman–Crippen MR) is 75.6 cm³/mol. The minimum atomic E-state index is 0.610. The Bertz CT molecular complexity index is 342. The van der Waals surface area contributed by atoms with Crippen LogP contribution in [0.3, 0.4) is 0 Å². The van der Waals surface area contributed by atoms with Crippen LogP contribution in [-0.2, 0) is 6.42 Å². The molecule has 0 aliphatic heterocycles. The number of aromatic nitrogens is 2. The van der Waals surface area contributed by atoms with Crippen LogP contribution in [0.1, 0.15) is 57.7 Å². The summed E-state index contributed by atoms with van der Waals surface area (Å²) < 4.78 is 2.20. The van der Waals surface area contributed by atoms with E-state index >= 15 is 0 Å². The quantitative estimate of drug-likeness (QED) is 0.739.